The van der Waals surface area contributed by atoms with Crippen LogP contribution < -0.4 is 11.1 Å². The van der Waals surface area contributed by atoms with E-state index in [0.717, 1.165) is 0 Å². The lowest BCUT2D eigenvalue weighted by Gasteiger charge is -2.15. The van der Waals surface area contributed by atoms with E-state index in [2.05, 4.69) is 15.3 Å². The standard InChI is InChI=1S/C10H16N6O3/c1-4-15(3)7(17)5-12-9-8(16(18)19)6(2)13-10(11)14-9/h4-5H2,1-3H3,(H3,11,12,13,14). The van der Waals surface area contributed by atoms with Crippen molar-refractivity contribution in [3.63, 3.8) is 0 Å². The van der Waals surface area contributed by atoms with Gasteiger partial charge in [0.1, 0.15) is 5.69 Å². The largest absolute Gasteiger partial charge is 0.368 e. The minimum atomic E-state index is -0.606. The van der Waals surface area contributed by atoms with Gasteiger partial charge in [0, 0.05) is 13.6 Å². The fourth-order valence-electron chi connectivity index (χ4n) is 1.40. The van der Waals surface area contributed by atoms with Gasteiger partial charge in [-0.25, -0.2) is 4.98 Å². The summed E-state index contributed by atoms with van der Waals surface area (Å²) in [6.45, 7) is 3.74. The molecule has 0 radical (unpaired) electrons. The number of hydrogen-bond donors (Lipinski definition) is 2. The van der Waals surface area contributed by atoms with Crippen molar-refractivity contribution in [3.05, 3.63) is 15.8 Å². The Morgan fingerprint density at radius 1 is 1.53 bits per heavy atom. The molecule has 0 atom stereocenters. The number of carbonyl (C=O) groups excluding carboxylic acids is 1. The third-order valence-corrected chi connectivity index (χ3v) is 2.57. The minimum absolute atomic E-state index is 0.0483. The number of likely N-dealkylation sites (N-methyl/N-ethyl adjacent to an activating group) is 1. The van der Waals surface area contributed by atoms with Crippen molar-refractivity contribution in [2.75, 3.05) is 31.2 Å². The number of hydrogen-bond acceptors (Lipinski definition) is 7. The SMILES string of the molecule is CCN(C)C(=O)CNc1nc(N)nc(C)c1[N+](=O)[O-]. The molecule has 1 rings (SSSR count). The monoisotopic (exact) mass is 268 g/mol. The first kappa shape index (κ1) is 14.6. The van der Waals surface area contributed by atoms with Crippen molar-refractivity contribution >= 4 is 23.4 Å². The molecule has 19 heavy (non-hydrogen) atoms. The van der Waals surface area contributed by atoms with Gasteiger partial charge in [0.25, 0.3) is 0 Å². The molecule has 1 aromatic heterocycles. The van der Waals surface area contributed by atoms with E-state index < -0.39 is 4.92 Å². The van der Waals surface area contributed by atoms with E-state index in [1.807, 2.05) is 6.92 Å². The molecule has 0 aromatic carbocycles. The van der Waals surface area contributed by atoms with Gasteiger partial charge in [0.15, 0.2) is 0 Å². The molecule has 0 aliphatic rings. The number of amides is 1. The van der Waals surface area contributed by atoms with Gasteiger partial charge in [-0.3, -0.25) is 14.9 Å². The molecule has 0 aliphatic carbocycles. The number of aryl methyl sites for hydroxylation is 1. The van der Waals surface area contributed by atoms with Crippen LogP contribution in [0.15, 0.2) is 0 Å². The van der Waals surface area contributed by atoms with Gasteiger partial charge in [-0.1, -0.05) is 0 Å². The van der Waals surface area contributed by atoms with Crippen LogP contribution in [0.1, 0.15) is 12.6 Å². The average Bonchev–Trinajstić information content (AvgIpc) is 2.33. The maximum Gasteiger partial charge on any atom is 0.332 e. The average molecular weight is 268 g/mol. The molecular weight excluding hydrogens is 252 g/mol. The number of nitro groups is 1. The maximum atomic E-state index is 11.6. The van der Waals surface area contributed by atoms with Crippen LogP contribution in [-0.2, 0) is 4.79 Å². The lowest BCUT2D eigenvalue weighted by molar-refractivity contribution is -0.385. The lowest BCUT2D eigenvalue weighted by Crippen LogP contribution is -2.32. The quantitative estimate of drug-likeness (QED) is 0.575. The van der Waals surface area contributed by atoms with Gasteiger partial charge in [-0.15, -0.1) is 0 Å². The molecule has 0 unspecified atom stereocenters. The third-order valence-electron chi connectivity index (χ3n) is 2.57. The van der Waals surface area contributed by atoms with E-state index in [4.69, 9.17) is 5.73 Å². The van der Waals surface area contributed by atoms with E-state index in [-0.39, 0.29) is 35.6 Å². The summed E-state index contributed by atoms with van der Waals surface area (Å²) in [5.74, 6) is -0.332. The molecule has 0 bridgehead atoms. The van der Waals surface area contributed by atoms with E-state index >= 15 is 0 Å². The van der Waals surface area contributed by atoms with Crippen molar-refractivity contribution in [1.82, 2.24) is 14.9 Å². The Kier molecular flexibility index (Phi) is 4.56. The van der Waals surface area contributed by atoms with Crippen LogP contribution in [0.25, 0.3) is 0 Å². The molecule has 104 valence electrons. The Hall–Kier alpha value is -2.45. The van der Waals surface area contributed by atoms with Gasteiger partial charge in [0.2, 0.25) is 17.7 Å². The molecule has 0 saturated carbocycles. The molecule has 0 spiro atoms. The van der Waals surface area contributed by atoms with E-state index in [1.165, 1.54) is 11.8 Å². The molecule has 0 fully saturated rings. The molecule has 1 heterocycles. The zero-order valence-corrected chi connectivity index (χ0v) is 11.0. The summed E-state index contributed by atoms with van der Waals surface area (Å²) < 4.78 is 0. The number of nitrogen functional groups attached to an aromatic ring is 1. The molecule has 1 amide bonds. The van der Waals surface area contributed by atoms with Gasteiger partial charge < -0.3 is 16.0 Å². The van der Waals surface area contributed by atoms with Crippen LogP contribution in [0.4, 0.5) is 17.5 Å². The molecule has 9 heteroatoms. The number of anilines is 2. The summed E-state index contributed by atoms with van der Waals surface area (Å²) in [5, 5.41) is 13.6. The first-order chi connectivity index (χ1) is 8.86. The zero-order valence-electron chi connectivity index (χ0n) is 11.0. The number of nitrogens with zero attached hydrogens (tertiary/aromatic N) is 4. The first-order valence-electron chi connectivity index (χ1n) is 5.63. The topological polar surface area (TPSA) is 127 Å². The Balaban J connectivity index is 2.94. The van der Waals surface area contributed by atoms with Crippen LogP contribution in [0.2, 0.25) is 0 Å². The maximum absolute atomic E-state index is 11.6. The highest BCUT2D eigenvalue weighted by molar-refractivity contribution is 5.81. The molecular formula is C10H16N6O3. The second-order valence-corrected chi connectivity index (χ2v) is 3.88. The number of nitrogens with two attached hydrogens (primary N) is 1. The fourth-order valence-corrected chi connectivity index (χ4v) is 1.40. The molecule has 1 aromatic rings. The van der Waals surface area contributed by atoms with Crippen molar-refractivity contribution in [2.45, 2.75) is 13.8 Å². The Morgan fingerprint density at radius 3 is 2.68 bits per heavy atom. The van der Waals surface area contributed by atoms with Gasteiger partial charge >= 0.3 is 5.69 Å². The van der Waals surface area contributed by atoms with Crippen molar-refractivity contribution in [2.24, 2.45) is 0 Å². The van der Waals surface area contributed by atoms with Gasteiger partial charge in [0.05, 0.1) is 11.5 Å². The predicted molar refractivity (Wildman–Crippen MR) is 69.6 cm³/mol. The van der Waals surface area contributed by atoms with Crippen LogP contribution >= 0.6 is 0 Å². The third kappa shape index (κ3) is 3.50. The summed E-state index contributed by atoms with van der Waals surface area (Å²) in [6, 6.07) is 0. The Morgan fingerprint density at radius 2 is 2.16 bits per heavy atom. The summed E-state index contributed by atoms with van der Waals surface area (Å²) in [4.78, 5) is 30.9. The highest BCUT2D eigenvalue weighted by atomic mass is 16.6. The predicted octanol–water partition coefficient (Wildman–Crippen LogP) is 0.166. The molecule has 0 saturated heterocycles. The second kappa shape index (κ2) is 5.94. The highest BCUT2D eigenvalue weighted by Gasteiger charge is 2.22. The van der Waals surface area contributed by atoms with Crippen LogP contribution in [0.5, 0.6) is 0 Å². The smallest absolute Gasteiger partial charge is 0.332 e. The number of nitrogens with one attached hydrogen (secondary N) is 1. The van der Waals surface area contributed by atoms with E-state index in [1.54, 1.807) is 7.05 Å². The van der Waals surface area contributed by atoms with Crippen molar-refractivity contribution < 1.29 is 9.72 Å². The Bertz CT molecular complexity index is 504. The highest BCUT2D eigenvalue weighted by Crippen LogP contribution is 2.25. The van der Waals surface area contributed by atoms with Crippen LogP contribution in [-0.4, -0.2) is 45.8 Å². The summed E-state index contributed by atoms with van der Waals surface area (Å²) in [5.41, 5.74) is 5.31. The van der Waals surface area contributed by atoms with Crippen molar-refractivity contribution in [3.8, 4) is 0 Å². The van der Waals surface area contributed by atoms with Crippen molar-refractivity contribution in [1.29, 1.82) is 0 Å². The molecule has 0 aliphatic heterocycles. The Labute approximate surface area is 110 Å². The number of aromatic nitrogens is 2. The number of carbonyl (C=O) groups is 1. The summed E-state index contributed by atoms with van der Waals surface area (Å²) >= 11 is 0. The minimum Gasteiger partial charge on any atom is -0.368 e. The van der Waals surface area contributed by atoms with Crippen LogP contribution in [0, 0.1) is 17.0 Å². The van der Waals surface area contributed by atoms with Gasteiger partial charge in [-0.2, -0.15) is 4.98 Å². The summed E-state index contributed by atoms with van der Waals surface area (Å²) in [7, 11) is 1.64. The van der Waals surface area contributed by atoms with Crippen LogP contribution in [0.3, 0.4) is 0 Å². The van der Waals surface area contributed by atoms with E-state index in [0.29, 0.717) is 6.54 Å². The number of rotatable bonds is 5. The van der Waals surface area contributed by atoms with E-state index in [9.17, 15) is 14.9 Å². The fraction of sp³-hybridized carbons (Fsp3) is 0.500. The summed E-state index contributed by atoms with van der Waals surface area (Å²) in [6.07, 6.45) is 0. The first-order valence-corrected chi connectivity index (χ1v) is 5.63. The van der Waals surface area contributed by atoms with Gasteiger partial charge in [-0.05, 0) is 13.8 Å². The normalized spacial score (nSPS) is 10.1. The lowest BCUT2D eigenvalue weighted by atomic mass is 10.3. The zero-order chi connectivity index (χ0) is 14.6. The second-order valence-electron chi connectivity index (χ2n) is 3.88. The molecule has 9 nitrogen and oxygen atoms in total. The molecule has 3 N–H and O–H groups in total.